The summed E-state index contributed by atoms with van der Waals surface area (Å²) in [5.74, 6) is -2.35. The summed E-state index contributed by atoms with van der Waals surface area (Å²) in [6.07, 6.45) is 0.652. The van der Waals surface area contributed by atoms with Crippen molar-refractivity contribution in [1.82, 2.24) is 0 Å². The number of rotatable bonds is 7. The van der Waals surface area contributed by atoms with E-state index in [0.717, 1.165) is 4.90 Å². The lowest BCUT2D eigenvalue weighted by molar-refractivity contribution is -0.122. The van der Waals surface area contributed by atoms with E-state index in [1.807, 2.05) is 6.92 Å². The first-order valence-electron chi connectivity index (χ1n) is 11.2. The molecule has 1 aliphatic carbocycles. The highest BCUT2D eigenvalue weighted by Gasteiger charge is 2.52. The maximum atomic E-state index is 13.0. The minimum Gasteiger partial charge on any atom is -0.494 e. The number of carbonyl (C=O) groups is 4. The second-order valence-corrected chi connectivity index (χ2v) is 9.48. The summed E-state index contributed by atoms with van der Waals surface area (Å²) >= 11 is 12.4. The first-order valence-corrected chi connectivity index (χ1v) is 12.1. The van der Waals surface area contributed by atoms with Crippen LogP contribution >= 0.6 is 23.2 Å². The predicted octanol–water partition coefficient (Wildman–Crippen LogP) is 4.00. The van der Waals surface area contributed by atoms with E-state index in [-0.39, 0.29) is 33.8 Å². The van der Waals surface area contributed by atoms with Crippen molar-refractivity contribution >= 4 is 58.3 Å². The minimum absolute atomic E-state index is 0.109. The predicted molar refractivity (Wildman–Crippen MR) is 131 cm³/mol. The molecular formula is C25H24Cl2N2O6. The Morgan fingerprint density at radius 2 is 1.63 bits per heavy atom. The third-order valence-electron chi connectivity index (χ3n) is 6.04. The number of ether oxygens (including phenoxy) is 2. The van der Waals surface area contributed by atoms with E-state index in [4.69, 9.17) is 32.7 Å². The van der Waals surface area contributed by atoms with Gasteiger partial charge in [-0.1, -0.05) is 6.07 Å². The van der Waals surface area contributed by atoms with Gasteiger partial charge in [0.2, 0.25) is 11.8 Å². The number of fused-ring (bicyclic) bond motifs is 1. The summed E-state index contributed by atoms with van der Waals surface area (Å²) in [6.45, 7) is 1.90. The number of halogens is 2. The lowest BCUT2D eigenvalue weighted by Gasteiger charge is -2.28. The third-order valence-corrected chi connectivity index (χ3v) is 7.13. The molecule has 4 atom stereocenters. The summed E-state index contributed by atoms with van der Waals surface area (Å²) in [7, 11) is 0. The number of hydrogen-bond donors (Lipinski definition) is 1. The zero-order valence-electron chi connectivity index (χ0n) is 18.9. The van der Waals surface area contributed by atoms with Crippen LogP contribution in [0, 0.1) is 11.8 Å². The Hall–Kier alpha value is -3.10. The number of alkyl halides is 2. The van der Waals surface area contributed by atoms with Crippen LogP contribution in [0.25, 0.3) is 0 Å². The van der Waals surface area contributed by atoms with E-state index in [0.29, 0.717) is 30.9 Å². The van der Waals surface area contributed by atoms with Crippen molar-refractivity contribution in [2.24, 2.45) is 11.8 Å². The lowest BCUT2D eigenvalue weighted by atomic mass is 9.80. The van der Waals surface area contributed by atoms with Gasteiger partial charge in [-0.3, -0.25) is 19.3 Å². The van der Waals surface area contributed by atoms with Gasteiger partial charge < -0.3 is 14.8 Å². The third kappa shape index (κ3) is 5.44. The van der Waals surface area contributed by atoms with E-state index < -0.39 is 30.3 Å². The smallest absolute Gasteiger partial charge is 0.338 e. The molecule has 35 heavy (non-hydrogen) atoms. The summed E-state index contributed by atoms with van der Waals surface area (Å²) in [6, 6.07) is 12.8. The topological polar surface area (TPSA) is 102 Å². The van der Waals surface area contributed by atoms with Crippen LogP contribution in [0.5, 0.6) is 5.75 Å². The van der Waals surface area contributed by atoms with Crippen LogP contribution in [0.1, 0.15) is 30.1 Å². The fraction of sp³-hybridized carbons (Fsp3) is 0.360. The Morgan fingerprint density at radius 3 is 2.23 bits per heavy atom. The number of nitrogens with zero attached hydrogens (tertiary/aromatic N) is 1. The first-order chi connectivity index (χ1) is 16.8. The van der Waals surface area contributed by atoms with Gasteiger partial charge in [0.1, 0.15) is 5.75 Å². The van der Waals surface area contributed by atoms with E-state index in [1.54, 1.807) is 36.4 Å². The maximum Gasteiger partial charge on any atom is 0.338 e. The molecule has 1 heterocycles. The summed E-state index contributed by atoms with van der Waals surface area (Å²) in [5, 5.41) is 1.86. The highest BCUT2D eigenvalue weighted by Crippen LogP contribution is 2.43. The van der Waals surface area contributed by atoms with Crippen LogP contribution in [0.15, 0.2) is 48.5 Å². The van der Waals surface area contributed by atoms with E-state index in [2.05, 4.69) is 5.32 Å². The Kier molecular flexibility index (Phi) is 7.62. The summed E-state index contributed by atoms with van der Waals surface area (Å²) in [5.41, 5.74) is 0.902. The highest BCUT2D eigenvalue weighted by atomic mass is 35.5. The first kappa shape index (κ1) is 25.0. The van der Waals surface area contributed by atoms with E-state index in [9.17, 15) is 19.2 Å². The molecule has 0 aromatic heterocycles. The standard InChI is InChI=1S/C25H24Cl2N2O6/c1-2-34-17-8-6-15(7-9-17)28-22(30)13-35-25(33)14-4-3-5-16(10-14)29-23(31)18-11-20(26)21(27)12-19(18)24(29)32/h3-10,18-21H,2,11-13H2,1H3,(H,28,30)/t18-,19+,20+,21-. The number of imide groups is 1. The molecule has 0 unspecified atom stereocenters. The molecule has 3 amide bonds. The van der Waals surface area contributed by atoms with Crippen molar-refractivity contribution in [3.63, 3.8) is 0 Å². The quantitative estimate of drug-likeness (QED) is 0.337. The normalized spacial score (nSPS) is 23.6. The Labute approximate surface area is 212 Å². The number of carbonyl (C=O) groups excluding carboxylic acids is 4. The number of anilines is 2. The fourth-order valence-corrected chi connectivity index (χ4v) is 4.92. The molecule has 10 heteroatoms. The molecular weight excluding hydrogens is 495 g/mol. The largest absolute Gasteiger partial charge is 0.494 e. The Balaban J connectivity index is 1.38. The molecule has 1 aliphatic heterocycles. The van der Waals surface area contributed by atoms with Crippen molar-refractivity contribution in [3.05, 3.63) is 54.1 Å². The average molecular weight is 519 g/mol. The van der Waals surface area contributed by atoms with Gasteiger partial charge in [-0.15, -0.1) is 23.2 Å². The average Bonchev–Trinajstić information content (AvgIpc) is 3.08. The molecule has 184 valence electrons. The van der Waals surface area contributed by atoms with Crippen molar-refractivity contribution in [2.75, 3.05) is 23.4 Å². The van der Waals surface area contributed by atoms with E-state index >= 15 is 0 Å². The van der Waals surface area contributed by atoms with Gasteiger partial charge in [-0.25, -0.2) is 4.79 Å². The van der Waals surface area contributed by atoms with Crippen LogP contribution < -0.4 is 15.0 Å². The van der Waals surface area contributed by atoms with Gasteiger partial charge in [0.05, 0.1) is 40.4 Å². The van der Waals surface area contributed by atoms with E-state index in [1.165, 1.54) is 12.1 Å². The van der Waals surface area contributed by atoms with Crippen molar-refractivity contribution in [3.8, 4) is 5.75 Å². The van der Waals surface area contributed by atoms with Crippen LogP contribution in [-0.4, -0.2) is 47.7 Å². The van der Waals surface area contributed by atoms with Gasteiger partial charge >= 0.3 is 5.97 Å². The van der Waals surface area contributed by atoms with Gasteiger partial charge in [0.15, 0.2) is 6.61 Å². The Morgan fingerprint density at radius 1 is 1.00 bits per heavy atom. The van der Waals surface area contributed by atoms with Gasteiger partial charge in [-0.05, 0) is 62.2 Å². The molecule has 2 aliphatic rings. The second-order valence-electron chi connectivity index (χ2n) is 8.36. The number of esters is 1. The number of amides is 3. The minimum atomic E-state index is -0.758. The SMILES string of the molecule is CCOc1ccc(NC(=O)COC(=O)c2cccc(N3C(=O)[C@H]4C[C@@H](Cl)[C@@H](Cl)C[C@H]4C3=O)c2)cc1. The van der Waals surface area contributed by atoms with Crippen molar-refractivity contribution in [2.45, 2.75) is 30.5 Å². The number of nitrogens with one attached hydrogen (secondary N) is 1. The zero-order chi connectivity index (χ0) is 25.1. The van der Waals surface area contributed by atoms with Gasteiger partial charge in [0.25, 0.3) is 5.91 Å². The number of benzene rings is 2. The molecule has 1 saturated heterocycles. The molecule has 0 radical (unpaired) electrons. The van der Waals surface area contributed by atoms with Crippen molar-refractivity contribution < 1.29 is 28.7 Å². The van der Waals surface area contributed by atoms with Crippen LogP contribution in [0.2, 0.25) is 0 Å². The fourth-order valence-electron chi connectivity index (χ4n) is 4.33. The van der Waals surface area contributed by atoms with Gasteiger partial charge in [0, 0.05) is 5.69 Å². The zero-order valence-corrected chi connectivity index (χ0v) is 20.4. The summed E-state index contributed by atoms with van der Waals surface area (Å²) in [4.78, 5) is 51.7. The molecule has 2 aromatic rings. The molecule has 4 rings (SSSR count). The highest BCUT2D eigenvalue weighted by molar-refractivity contribution is 6.31. The van der Waals surface area contributed by atoms with Crippen molar-refractivity contribution in [1.29, 1.82) is 0 Å². The maximum absolute atomic E-state index is 13.0. The monoisotopic (exact) mass is 518 g/mol. The van der Waals surface area contributed by atoms with Crippen LogP contribution in [0.3, 0.4) is 0 Å². The Bertz CT molecular complexity index is 1110. The molecule has 8 nitrogen and oxygen atoms in total. The molecule has 1 saturated carbocycles. The molecule has 0 bridgehead atoms. The van der Waals surface area contributed by atoms with Crippen LogP contribution in [0.4, 0.5) is 11.4 Å². The molecule has 2 fully saturated rings. The molecule has 2 aromatic carbocycles. The lowest BCUT2D eigenvalue weighted by Crippen LogP contribution is -2.34. The van der Waals surface area contributed by atoms with Gasteiger partial charge in [-0.2, -0.15) is 0 Å². The number of hydrogen-bond acceptors (Lipinski definition) is 6. The molecule has 0 spiro atoms. The van der Waals surface area contributed by atoms with Crippen LogP contribution in [-0.2, 0) is 19.1 Å². The summed E-state index contributed by atoms with van der Waals surface area (Å²) < 4.78 is 10.5. The molecule has 1 N–H and O–H groups in total. The second kappa shape index (κ2) is 10.7.